The molecule has 0 saturated heterocycles. The van der Waals surface area contributed by atoms with Crippen LogP contribution in [0.4, 0.5) is 13.2 Å². The lowest BCUT2D eigenvalue weighted by Crippen LogP contribution is -2.08. The first-order valence-corrected chi connectivity index (χ1v) is 6.12. The fourth-order valence-electron chi connectivity index (χ4n) is 1.76. The molecule has 0 aromatic heterocycles. The van der Waals surface area contributed by atoms with Gasteiger partial charge < -0.3 is 14.9 Å². The molecule has 0 heterocycles. The number of carbonyl (C=O) groups is 1. The molecule has 0 radical (unpaired) electrons. The van der Waals surface area contributed by atoms with Gasteiger partial charge in [0.25, 0.3) is 0 Å². The highest BCUT2D eigenvalue weighted by Gasteiger charge is 2.30. The zero-order valence-corrected chi connectivity index (χ0v) is 11.1. The van der Waals surface area contributed by atoms with Crippen LogP contribution in [0.5, 0.6) is 11.5 Å². The van der Waals surface area contributed by atoms with Crippen LogP contribution in [0.1, 0.15) is 21.5 Å². The topological polar surface area (TPSA) is 66.8 Å². The van der Waals surface area contributed by atoms with Crippen molar-refractivity contribution in [1.29, 1.82) is 0 Å². The molecule has 2 rings (SSSR count). The molecule has 0 aliphatic heterocycles. The van der Waals surface area contributed by atoms with Crippen molar-refractivity contribution in [3.8, 4) is 11.5 Å². The van der Waals surface area contributed by atoms with E-state index in [1.807, 2.05) is 0 Å². The van der Waals surface area contributed by atoms with E-state index in [1.165, 1.54) is 18.2 Å². The van der Waals surface area contributed by atoms with Crippen molar-refractivity contribution in [2.45, 2.75) is 12.8 Å². The van der Waals surface area contributed by atoms with Gasteiger partial charge in [-0.25, -0.2) is 4.79 Å². The van der Waals surface area contributed by atoms with Crippen LogP contribution in [0.2, 0.25) is 0 Å². The first-order chi connectivity index (χ1) is 10.3. The van der Waals surface area contributed by atoms with Crippen LogP contribution in [0.15, 0.2) is 42.5 Å². The third-order valence-corrected chi connectivity index (χ3v) is 2.83. The third-order valence-electron chi connectivity index (χ3n) is 2.83. The maximum Gasteiger partial charge on any atom is 0.416 e. The maximum atomic E-state index is 12.6. The summed E-state index contributed by atoms with van der Waals surface area (Å²) in [4.78, 5) is 11.7. The highest BCUT2D eigenvalue weighted by atomic mass is 19.4. The first kappa shape index (κ1) is 15.7. The standard InChI is InChI=1S/C15H11F3O4/c16-15(17,18)10-3-1-2-9(6-10)8-22-14(21)12-5-4-11(19)7-13(12)20/h1-7,19-20H,8H2. The number of benzene rings is 2. The molecule has 0 amide bonds. The Labute approximate surface area is 123 Å². The van der Waals surface area contributed by atoms with Crippen LogP contribution < -0.4 is 0 Å². The Hall–Kier alpha value is -2.70. The summed E-state index contributed by atoms with van der Waals surface area (Å²) in [5, 5.41) is 18.6. The SMILES string of the molecule is O=C(OCc1cccc(C(F)(F)F)c1)c1ccc(O)cc1O. The Morgan fingerprint density at radius 2 is 1.82 bits per heavy atom. The van der Waals surface area contributed by atoms with E-state index in [1.54, 1.807) is 0 Å². The highest BCUT2D eigenvalue weighted by Crippen LogP contribution is 2.30. The molecule has 7 heteroatoms. The Morgan fingerprint density at radius 1 is 1.09 bits per heavy atom. The fourth-order valence-corrected chi connectivity index (χ4v) is 1.76. The van der Waals surface area contributed by atoms with E-state index in [0.29, 0.717) is 0 Å². The minimum atomic E-state index is -4.48. The molecule has 0 aliphatic carbocycles. The summed E-state index contributed by atoms with van der Waals surface area (Å²) in [7, 11) is 0. The molecule has 0 saturated carbocycles. The Bertz CT molecular complexity index is 695. The molecule has 2 aromatic rings. The van der Waals surface area contributed by atoms with Gasteiger partial charge in [-0.05, 0) is 29.8 Å². The smallest absolute Gasteiger partial charge is 0.416 e. The number of aromatic hydroxyl groups is 2. The highest BCUT2D eigenvalue weighted by molar-refractivity contribution is 5.92. The number of hydrogen-bond acceptors (Lipinski definition) is 4. The van der Waals surface area contributed by atoms with E-state index >= 15 is 0 Å². The number of esters is 1. The van der Waals surface area contributed by atoms with Crippen molar-refractivity contribution in [1.82, 2.24) is 0 Å². The lowest BCUT2D eigenvalue weighted by molar-refractivity contribution is -0.137. The minimum Gasteiger partial charge on any atom is -0.508 e. The Morgan fingerprint density at radius 3 is 2.45 bits per heavy atom. The summed E-state index contributed by atoms with van der Waals surface area (Å²) in [6.45, 7) is -0.372. The van der Waals surface area contributed by atoms with E-state index < -0.39 is 23.5 Å². The largest absolute Gasteiger partial charge is 0.508 e. The van der Waals surface area contributed by atoms with Gasteiger partial charge in [-0.2, -0.15) is 13.2 Å². The monoisotopic (exact) mass is 312 g/mol. The van der Waals surface area contributed by atoms with E-state index in [4.69, 9.17) is 9.84 Å². The molecule has 0 bridgehead atoms. The Kier molecular flexibility index (Phi) is 4.25. The summed E-state index contributed by atoms with van der Waals surface area (Å²) in [5.41, 5.74) is -0.861. The molecular formula is C15H11F3O4. The van der Waals surface area contributed by atoms with Gasteiger partial charge >= 0.3 is 12.1 Å². The zero-order valence-electron chi connectivity index (χ0n) is 11.1. The number of halogens is 3. The van der Waals surface area contributed by atoms with Crippen molar-refractivity contribution in [3.63, 3.8) is 0 Å². The predicted octanol–water partition coefficient (Wildman–Crippen LogP) is 3.47. The summed E-state index contributed by atoms with van der Waals surface area (Å²) in [6, 6.07) is 7.69. The first-order valence-electron chi connectivity index (χ1n) is 6.12. The predicted molar refractivity (Wildman–Crippen MR) is 70.3 cm³/mol. The molecular weight excluding hydrogens is 301 g/mol. The number of phenolic OH excluding ortho intramolecular Hbond substituents is 2. The van der Waals surface area contributed by atoms with Gasteiger partial charge in [0.2, 0.25) is 0 Å². The number of hydrogen-bond donors (Lipinski definition) is 2. The number of rotatable bonds is 3. The molecule has 0 atom stereocenters. The van der Waals surface area contributed by atoms with Crippen LogP contribution in [-0.2, 0) is 17.5 Å². The normalized spacial score (nSPS) is 11.2. The summed E-state index contributed by atoms with van der Waals surface area (Å²) in [6.07, 6.45) is -4.48. The van der Waals surface area contributed by atoms with Gasteiger partial charge in [0, 0.05) is 6.07 Å². The molecule has 116 valence electrons. The second kappa shape index (κ2) is 5.97. The average molecular weight is 312 g/mol. The van der Waals surface area contributed by atoms with Crippen molar-refractivity contribution >= 4 is 5.97 Å². The summed E-state index contributed by atoms with van der Waals surface area (Å²) in [5.74, 6) is -1.61. The lowest BCUT2D eigenvalue weighted by Gasteiger charge is -2.10. The summed E-state index contributed by atoms with van der Waals surface area (Å²) >= 11 is 0. The van der Waals surface area contributed by atoms with Crippen molar-refractivity contribution in [3.05, 3.63) is 59.2 Å². The van der Waals surface area contributed by atoms with Gasteiger partial charge in [-0.1, -0.05) is 12.1 Å². The number of ether oxygens (including phenoxy) is 1. The lowest BCUT2D eigenvalue weighted by atomic mass is 10.1. The maximum absolute atomic E-state index is 12.6. The van der Waals surface area contributed by atoms with Gasteiger partial charge in [0.05, 0.1) is 5.56 Å². The number of phenols is 2. The van der Waals surface area contributed by atoms with Crippen molar-refractivity contribution < 1.29 is 32.9 Å². The molecule has 22 heavy (non-hydrogen) atoms. The molecule has 0 spiro atoms. The van der Waals surface area contributed by atoms with Gasteiger partial charge in [0.1, 0.15) is 23.7 Å². The van der Waals surface area contributed by atoms with Crippen LogP contribution in [0.3, 0.4) is 0 Å². The molecule has 4 nitrogen and oxygen atoms in total. The molecule has 0 aliphatic rings. The average Bonchev–Trinajstić information content (AvgIpc) is 2.44. The summed E-state index contributed by atoms with van der Waals surface area (Å²) < 4.78 is 42.5. The molecule has 0 fully saturated rings. The van der Waals surface area contributed by atoms with E-state index in [0.717, 1.165) is 24.3 Å². The van der Waals surface area contributed by atoms with E-state index in [9.17, 15) is 23.1 Å². The third kappa shape index (κ3) is 3.69. The molecule has 2 N–H and O–H groups in total. The quantitative estimate of drug-likeness (QED) is 0.852. The molecule has 2 aromatic carbocycles. The van der Waals surface area contributed by atoms with Crippen LogP contribution in [-0.4, -0.2) is 16.2 Å². The second-order valence-corrected chi connectivity index (χ2v) is 4.48. The minimum absolute atomic E-state index is 0.168. The van der Waals surface area contributed by atoms with Crippen LogP contribution in [0, 0.1) is 0 Å². The number of carbonyl (C=O) groups excluding carboxylic acids is 1. The Balaban J connectivity index is 2.08. The van der Waals surface area contributed by atoms with Crippen molar-refractivity contribution in [2.24, 2.45) is 0 Å². The van der Waals surface area contributed by atoms with Gasteiger partial charge in [0.15, 0.2) is 0 Å². The van der Waals surface area contributed by atoms with E-state index in [-0.39, 0.29) is 23.5 Å². The van der Waals surface area contributed by atoms with Gasteiger partial charge in [-0.3, -0.25) is 0 Å². The van der Waals surface area contributed by atoms with Crippen molar-refractivity contribution in [2.75, 3.05) is 0 Å². The van der Waals surface area contributed by atoms with Crippen LogP contribution in [0.25, 0.3) is 0 Å². The van der Waals surface area contributed by atoms with Crippen LogP contribution >= 0.6 is 0 Å². The second-order valence-electron chi connectivity index (χ2n) is 4.48. The zero-order chi connectivity index (χ0) is 16.3. The molecule has 0 unspecified atom stereocenters. The van der Waals surface area contributed by atoms with E-state index in [2.05, 4.69) is 0 Å². The van der Waals surface area contributed by atoms with Gasteiger partial charge in [-0.15, -0.1) is 0 Å². The number of alkyl halides is 3. The fraction of sp³-hybridized carbons (Fsp3) is 0.133.